The molecule has 0 saturated heterocycles. The van der Waals surface area contributed by atoms with Crippen LogP contribution in [0.3, 0.4) is 0 Å². The number of hydrogen-bond acceptors (Lipinski definition) is 3. The molecule has 0 atom stereocenters. The predicted molar refractivity (Wildman–Crippen MR) is 104 cm³/mol. The molecule has 27 heavy (non-hydrogen) atoms. The molecule has 0 unspecified atom stereocenters. The molecule has 3 aromatic carbocycles. The van der Waals surface area contributed by atoms with Crippen LogP contribution in [0.25, 0.3) is 28.2 Å². The average molecular weight is 352 g/mol. The van der Waals surface area contributed by atoms with E-state index in [2.05, 4.69) is 0 Å². The molecule has 0 spiro atoms. The lowest BCUT2D eigenvalue weighted by atomic mass is 10.0. The summed E-state index contributed by atoms with van der Waals surface area (Å²) >= 11 is 0. The van der Waals surface area contributed by atoms with Crippen LogP contribution < -0.4 is 4.74 Å². The molecule has 4 nitrogen and oxygen atoms in total. The van der Waals surface area contributed by atoms with Crippen LogP contribution in [0.15, 0.2) is 78.9 Å². The number of nitrogens with zero attached hydrogens (tertiary/aromatic N) is 2. The molecule has 0 amide bonds. The minimum atomic E-state index is 0.0219. The Bertz CT molecular complexity index is 1160. The number of rotatable bonds is 3. The van der Waals surface area contributed by atoms with E-state index in [9.17, 15) is 4.79 Å². The zero-order valence-corrected chi connectivity index (χ0v) is 14.7. The fourth-order valence-corrected chi connectivity index (χ4v) is 3.61. The molecule has 130 valence electrons. The molecular formula is C23H16N2O2. The second-order valence-corrected chi connectivity index (χ2v) is 6.42. The maximum atomic E-state index is 13.2. The van der Waals surface area contributed by atoms with Gasteiger partial charge in [0, 0.05) is 16.7 Å². The summed E-state index contributed by atoms with van der Waals surface area (Å²) in [6.07, 6.45) is 0. The normalized spacial score (nSPS) is 12.0. The van der Waals surface area contributed by atoms with E-state index < -0.39 is 0 Å². The summed E-state index contributed by atoms with van der Waals surface area (Å²) in [6.45, 7) is 0. The van der Waals surface area contributed by atoms with E-state index in [-0.39, 0.29) is 5.78 Å². The van der Waals surface area contributed by atoms with Gasteiger partial charge in [0.05, 0.1) is 24.1 Å². The second kappa shape index (κ2) is 5.95. The van der Waals surface area contributed by atoms with E-state index >= 15 is 0 Å². The number of fused-ring (bicyclic) bond motifs is 3. The largest absolute Gasteiger partial charge is 0.497 e. The number of benzene rings is 3. The third-order valence-corrected chi connectivity index (χ3v) is 4.90. The summed E-state index contributed by atoms with van der Waals surface area (Å²) in [6, 6.07) is 25.3. The molecule has 0 radical (unpaired) electrons. The molecular weight excluding hydrogens is 336 g/mol. The number of carbonyl (C=O) groups excluding carboxylic acids is 1. The lowest BCUT2D eigenvalue weighted by molar-refractivity contribution is 0.104. The fourth-order valence-electron chi connectivity index (χ4n) is 3.61. The highest BCUT2D eigenvalue weighted by molar-refractivity contribution is 6.24. The third-order valence-electron chi connectivity index (χ3n) is 4.90. The van der Waals surface area contributed by atoms with Gasteiger partial charge >= 0.3 is 0 Å². The van der Waals surface area contributed by atoms with Crippen molar-refractivity contribution in [3.8, 4) is 34.0 Å². The average Bonchev–Trinajstić information content (AvgIpc) is 3.26. The van der Waals surface area contributed by atoms with Gasteiger partial charge in [-0.1, -0.05) is 42.5 Å². The van der Waals surface area contributed by atoms with E-state index in [1.54, 1.807) is 7.11 Å². The molecule has 4 aromatic rings. The maximum Gasteiger partial charge on any atom is 0.198 e. The van der Waals surface area contributed by atoms with E-state index in [1.807, 2.05) is 83.5 Å². The smallest absolute Gasteiger partial charge is 0.198 e. The summed E-state index contributed by atoms with van der Waals surface area (Å²) in [7, 11) is 1.64. The molecule has 0 N–H and O–H groups in total. The Morgan fingerprint density at radius 1 is 0.815 bits per heavy atom. The first-order valence-corrected chi connectivity index (χ1v) is 8.75. The van der Waals surface area contributed by atoms with Gasteiger partial charge in [0.1, 0.15) is 11.4 Å². The van der Waals surface area contributed by atoms with Crippen LogP contribution in [0.1, 0.15) is 15.9 Å². The van der Waals surface area contributed by atoms with Crippen LogP contribution >= 0.6 is 0 Å². The van der Waals surface area contributed by atoms with Crippen molar-refractivity contribution in [2.45, 2.75) is 0 Å². The van der Waals surface area contributed by atoms with Crippen LogP contribution in [-0.2, 0) is 0 Å². The van der Waals surface area contributed by atoms with E-state index in [0.29, 0.717) is 11.3 Å². The van der Waals surface area contributed by atoms with Gasteiger partial charge in [-0.2, -0.15) is 5.10 Å². The van der Waals surface area contributed by atoms with Crippen molar-refractivity contribution in [2.75, 3.05) is 7.11 Å². The Kier molecular flexibility index (Phi) is 3.44. The molecule has 5 rings (SSSR count). The Labute approximate surface area is 156 Å². The highest BCUT2D eigenvalue weighted by Crippen LogP contribution is 2.42. The standard InChI is InChI=1S/C23H16N2O2/c1-27-17-13-11-15(12-14-17)21-20-22(18-9-5-6-10-19(18)23(20)26)25(24-21)16-7-3-2-4-8-16/h2-14H,1H3. The van der Waals surface area contributed by atoms with Gasteiger partial charge in [0.25, 0.3) is 0 Å². The van der Waals surface area contributed by atoms with Crippen LogP contribution in [0.5, 0.6) is 5.75 Å². The summed E-state index contributed by atoms with van der Waals surface area (Å²) in [5.74, 6) is 0.793. The second-order valence-electron chi connectivity index (χ2n) is 6.42. The minimum Gasteiger partial charge on any atom is -0.497 e. The molecule has 0 bridgehead atoms. The third kappa shape index (κ3) is 2.30. The van der Waals surface area contributed by atoms with Crippen molar-refractivity contribution < 1.29 is 9.53 Å². The first-order valence-electron chi connectivity index (χ1n) is 8.75. The minimum absolute atomic E-state index is 0.0219. The van der Waals surface area contributed by atoms with Crippen LogP contribution in [0.2, 0.25) is 0 Å². The molecule has 0 aliphatic heterocycles. The summed E-state index contributed by atoms with van der Waals surface area (Å²) in [5, 5.41) is 4.83. The van der Waals surface area contributed by atoms with Crippen molar-refractivity contribution in [1.29, 1.82) is 0 Å². The Hall–Kier alpha value is -3.66. The fraction of sp³-hybridized carbons (Fsp3) is 0.0435. The predicted octanol–water partition coefficient (Wildman–Crippen LogP) is 4.76. The van der Waals surface area contributed by atoms with Crippen LogP contribution in [-0.4, -0.2) is 22.7 Å². The number of para-hydroxylation sites is 1. The number of carbonyl (C=O) groups is 1. The van der Waals surface area contributed by atoms with Crippen LogP contribution in [0.4, 0.5) is 0 Å². The van der Waals surface area contributed by atoms with Gasteiger partial charge in [0.2, 0.25) is 0 Å². The van der Waals surface area contributed by atoms with Crippen LogP contribution in [0, 0.1) is 0 Å². The molecule has 1 aliphatic rings. The molecule has 1 aromatic heterocycles. The zero-order valence-electron chi connectivity index (χ0n) is 14.7. The van der Waals surface area contributed by atoms with Crippen molar-refractivity contribution in [2.24, 2.45) is 0 Å². The highest BCUT2D eigenvalue weighted by Gasteiger charge is 2.35. The zero-order chi connectivity index (χ0) is 18.4. The van der Waals surface area contributed by atoms with Gasteiger partial charge in [-0.05, 0) is 36.4 Å². The quantitative estimate of drug-likeness (QED) is 0.470. The molecule has 0 fully saturated rings. The number of ketones is 1. The first-order chi connectivity index (χ1) is 13.3. The lowest BCUT2D eigenvalue weighted by Gasteiger charge is -2.07. The lowest BCUT2D eigenvalue weighted by Crippen LogP contribution is -2.00. The topological polar surface area (TPSA) is 44.1 Å². The maximum absolute atomic E-state index is 13.2. The Morgan fingerprint density at radius 2 is 1.48 bits per heavy atom. The van der Waals surface area contributed by atoms with Crippen molar-refractivity contribution >= 4 is 5.78 Å². The van der Waals surface area contributed by atoms with Crippen molar-refractivity contribution in [3.63, 3.8) is 0 Å². The Morgan fingerprint density at radius 3 is 2.19 bits per heavy atom. The Balaban J connectivity index is 1.80. The van der Waals surface area contributed by atoms with E-state index in [4.69, 9.17) is 9.84 Å². The van der Waals surface area contributed by atoms with Gasteiger partial charge in [-0.15, -0.1) is 0 Å². The van der Waals surface area contributed by atoms with E-state index in [0.717, 1.165) is 33.8 Å². The highest BCUT2D eigenvalue weighted by atomic mass is 16.5. The monoisotopic (exact) mass is 352 g/mol. The molecule has 1 heterocycles. The number of methoxy groups -OCH3 is 1. The summed E-state index contributed by atoms with van der Waals surface area (Å²) < 4.78 is 7.13. The first kappa shape index (κ1) is 15.6. The summed E-state index contributed by atoms with van der Waals surface area (Å²) in [4.78, 5) is 13.2. The van der Waals surface area contributed by atoms with Gasteiger partial charge < -0.3 is 4.74 Å². The van der Waals surface area contributed by atoms with Gasteiger partial charge in [0.15, 0.2) is 5.78 Å². The molecule has 0 saturated carbocycles. The van der Waals surface area contributed by atoms with Gasteiger partial charge in [-0.25, -0.2) is 4.68 Å². The van der Waals surface area contributed by atoms with Crippen molar-refractivity contribution in [3.05, 3.63) is 90.0 Å². The molecule has 1 aliphatic carbocycles. The van der Waals surface area contributed by atoms with Crippen molar-refractivity contribution in [1.82, 2.24) is 9.78 Å². The number of hydrogen-bond donors (Lipinski definition) is 0. The number of aromatic nitrogens is 2. The summed E-state index contributed by atoms with van der Waals surface area (Å²) in [5.41, 5.74) is 5.68. The van der Waals surface area contributed by atoms with E-state index in [1.165, 1.54) is 0 Å². The SMILES string of the molecule is COc1ccc(-c2nn(-c3ccccc3)c3c2C(=O)c2ccccc2-3)cc1. The number of ether oxygens (including phenoxy) is 1. The molecule has 4 heteroatoms. The van der Waals surface area contributed by atoms with Gasteiger partial charge in [-0.3, -0.25) is 4.79 Å².